The summed E-state index contributed by atoms with van der Waals surface area (Å²) in [6.07, 6.45) is 0.821. The molecule has 1 aromatic heterocycles. The SMILES string of the molecule is Cc1cccc2sc(NC(=O)[C@]3(C)CC4c5ccccc5C3c3ccccc34)nc12. The van der Waals surface area contributed by atoms with Gasteiger partial charge in [0, 0.05) is 11.8 Å². The minimum absolute atomic E-state index is 0.0611. The van der Waals surface area contributed by atoms with Crippen molar-refractivity contribution in [2.24, 2.45) is 5.41 Å². The second-order valence-corrected chi connectivity index (χ2v) is 9.79. The van der Waals surface area contributed by atoms with Crippen LogP contribution in [0.1, 0.15) is 53.0 Å². The molecule has 30 heavy (non-hydrogen) atoms. The second kappa shape index (κ2) is 6.26. The fraction of sp³-hybridized carbons (Fsp3) is 0.231. The molecule has 2 bridgehead atoms. The summed E-state index contributed by atoms with van der Waals surface area (Å²) in [5.41, 5.74) is 6.94. The van der Waals surface area contributed by atoms with Crippen molar-refractivity contribution in [1.82, 2.24) is 4.98 Å². The molecule has 148 valence electrons. The largest absolute Gasteiger partial charge is 0.301 e. The van der Waals surface area contributed by atoms with Gasteiger partial charge in [0.2, 0.25) is 5.91 Å². The van der Waals surface area contributed by atoms with E-state index in [4.69, 9.17) is 4.98 Å². The smallest absolute Gasteiger partial charge is 0.233 e. The van der Waals surface area contributed by atoms with Crippen molar-refractivity contribution in [2.75, 3.05) is 5.32 Å². The van der Waals surface area contributed by atoms with Crippen molar-refractivity contribution in [2.45, 2.75) is 32.1 Å². The highest BCUT2D eigenvalue weighted by Gasteiger charge is 2.53. The molecule has 1 heterocycles. The molecule has 3 aliphatic carbocycles. The zero-order chi connectivity index (χ0) is 20.5. The van der Waals surface area contributed by atoms with Crippen LogP contribution < -0.4 is 5.32 Å². The summed E-state index contributed by atoms with van der Waals surface area (Å²) < 4.78 is 1.11. The standard InChI is InChI=1S/C26H22N2OS/c1-15-8-7-13-21-23(15)27-25(30-21)28-24(29)26(2)14-20-16-9-3-5-11-18(16)22(26)19-12-6-4-10-17(19)20/h3-13,20,22H,14H2,1-2H3,(H,27,28,29)/t20?,22?,26-/m1/s1. The van der Waals surface area contributed by atoms with Crippen LogP contribution in [0.15, 0.2) is 66.7 Å². The monoisotopic (exact) mass is 410 g/mol. The number of hydrogen-bond donors (Lipinski definition) is 1. The molecule has 4 heteroatoms. The van der Waals surface area contributed by atoms with Crippen molar-refractivity contribution in [3.8, 4) is 0 Å². The van der Waals surface area contributed by atoms with Gasteiger partial charge in [-0.3, -0.25) is 4.79 Å². The Hall–Kier alpha value is -2.98. The highest BCUT2D eigenvalue weighted by atomic mass is 32.1. The maximum absolute atomic E-state index is 13.7. The van der Waals surface area contributed by atoms with E-state index in [9.17, 15) is 4.79 Å². The summed E-state index contributed by atoms with van der Waals surface area (Å²) in [6.45, 7) is 4.19. The zero-order valence-electron chi connectivity index (χ0n) is 17.0. The van der Waals surface area contributed by atoms with Crippen LogP contribution in [0.3, 0.4) is 0 Å². The fourth-order valence-electron chi connectivity index (χ4n) is 5.57. The summed E-state index contributed by atoms with van der Waals surface area (Å²) in [7, 11) is 0. The molecule has 3 aliphatic rings. The summed E-state index contributed by atoms with van der Waals surface area (Å²) in [4.78, 5) is 18.4. The molecule has 4 aromatic rings. The van der Waals surface area contributed by atoms with Crippen molar-refractivity contribution in [3.05, 3.63) is 94.5 Å². The number of aryl methyl sites for hydroxylation is 1. The number of carbonyl (C=O) groups excluding carboxylic acids is 1. The number of thiazole rings is 1. The van der Waals surface area contributed by atoms with E-state index in [-0.39, 0.29) is 17.7 Å². The van der Waals surface area contributed by atoms with E-state index in [1.807, 2.05) is 6.07 Å². The van der Waals surface area contributed by atoms with Gasteiger partial charge >= 0.3 is 0 Å². The highest BCUT2D eigenvalue weighted by molar-refractivity contribution is 7.22. The lowest BCUT2D eigenvalue weighted by molar-refractivity contribution is -0.126. The second-order valence-electron chi connectivity index (χ2n) is 8.76. The average molecular weight is 411 g/mol. The number of hydrogen-bond acceptors (Lipinski definition) is 3. The predicted octanol–water partition coefficient (Wildman–Crippen LogP) is 6.23. The molecule has 0 fully saturated rings. The highest BCUT2D eigenvalue weighted by Crippen LogP contribution is 2.61. The van der Waals surface area contributed by atoms with E-state index >= 15 is 0 Å². The average Bonchev–Trinajstić information content (AvgIpc) is 3.18. The van der Waals surface area contributed by atoms with E-state index in [0.717, 1.165) is 22.2 Å². The van der Waals surface area contributed by atoms with Crippen LogP contribution in [0.2, 0.25) is 0 Å². The van der Waals surface area contributed by atoms with E-state index in [1.54, 1.807) is 11.3 Å². The van der Waals surface area contributed by atoms with E-state index in [0.29, 0.717) is 5.13 Å². The number of nitrogens with zero attached hydrogens (tertiary/aromatic N) is 1. The Labute approximate surface area is 179 Å². The number of carbonyl (C=O) groups is 1. The predicted molar refractivity (Wildman–Crippen MR) is 122 cm³/mol. The summed E-state index contributed by atoms with van der Waals surface area (Å²) >= 11 is 1.55. The molecule has 3 nitrogen and oxygen atoms in total. The minimum Gasteiger partial charge on any atom is -0.301 e. The van der Waals surface area contributed by atoms with Gasteiger partial charge in [-0.25, -0.2) is 4.98 Å². The van der Waals surface area contributed by atoms with Crippen molar-refractivity contribution < 1.29 is 4.79 Å². The van der Waals surface area contributed by atoms with Gasteiger partial charge < -0.3 is 5.32 Å². The molecular formula is C26H22N2OS. The normalized spacial score (nSPS) is 23.8. The summed E-state index contributed by atoms with van der Waals surface area (Å²) in [5, 5.41) is 3.87. The Bertz CT molecular complexity index is 1280. The van der Waals surface area contributed by atoms with Gasteiger partial charge in [-0.15, -0.1) is 0 Å². The lowest BCUT2D eigenvalue weighted by Gasteiger charge is -2.50. The first-order chi connectivity index (χ1) is 14.6. The van der Waals surface area contributed by atoms with Gasteiger partial charge in [-0.2, -0.15) is 0 Å². The van der Waals surface area contributed by atoms with Crippen LogP contribution in [0.4, 0.5) is 5.13 Å². The van der Waals surface area contributed by atoms with Crippen molar-refractivity contribution in [1.29, 1.82) is 0 Å². The van der Waals surface area contributed by atoms with Gasteiger partial charge in [0.1, 0.15) is 0 Å². The topological polar surface area (TPSA) is 42.0 Å². The number of rotatable bonds is 2. The number of amides is 1. The van der Waals surface area contributed by atoms with Gasteiger partial charge in [0.15, 0.2) is 5.13 Å². The number of benzene rings is 3. The molecule has 1 atom stereocenters. The van der Waals surface area contributed by atoms with E-state index in [1.165, 1.54) is 22.3 Å². The molecule has 0 saturated heterocycles. The van der Waals surface area contributed by atoms with Gasteiger partial charge in [0.25, 0.3) is 0 Å². The Morgan fingerprint density at radius 1 is 0.967 bits per heavy atom. The van der Waals surface area contributed by atoms with Gasteiger partial charge in [0.05, 0.1) is 15.6 Å². The van der Waals surface area contributed by atoms with Crippen LogP contribution in [0.5, 0.6) is 0 Å². The lowest BCUT2D eigenvalue weighted by Crippen LogP contribution is -2.47. The molecule has 1 amide bonds. The molecule has 0 aliphatic heterocycles. The molecule has 0 saturated carbocycles. The summed E-state index contributed by atoms with van der Waals surface area (Å²) in [6, 6.07) is 23.4. The molecule has 0 unspecified atom stereocenters. The van der Waals surface area contributed by atoms with Crippen LogP contribution in [-0.2, 0) is 4.79 Å². The number of fused-ring (bicyclic) bond motifs is 2. The van der Waals surface area contributed by atoms with Crippen molar-refractivity contribution in [3.63, 3.8) is 0 Å². The van der Waals surface area contributed by atoms with Crippen LogP contribution >= 0.6 is 11.3 Å². The van der Waals surface area contributed by atoms with E-state index in [2.05, 4.69) is 79.8 Å². The number of para-hydroxylation sites is 1. The minimum atomic E-state index is -0.514. The third-order valence-electron chi connectivity index (χ3n) is 6.99. The molecule has 0 spiro atoms. The van der Waals surface area contributed by atoms with Crippen LogP contribution in [-0.4, -0.2) is 10.9 Å². The lowest BCUT2D eigenvalue weighted by atomic mass is 9.52. The first-order valence-electron chi connectivity index (χ1n) is 10.4. The van der Waals surface area contributed by atoms with Crippen LogP contribution in [0, 0.1) is 12.3 Å². The maximum atomic E-state index is 13.7. The first-order valence-corrected chi connectivity index (χ1v) is 11.2. The number of anilines is 1. The maximum Gasteiger partial charge on any atom is 0.233 e. The van der Waals surface area contributed by atoms with E-state index < -0.39 is 5.41 Å². The molecule has 7 rings (SSSR count). The number of nitrogens with one attached hydrogen (secondary N) is 1. The summed E-state index contributed by atoms with van der Waals surface area (Å²) in [5.74, 6) is 0.389. The molecule has 0 radical (unpaired) electrons. The third-order valence-corrected chi connectivity index (χ3v) is 7.93. The molecular weight excluding hydrogens is 388 g/mol. The molecule has 1 N–H and O–H groups in total. The fourth-order valence-corrected chi connectivity index (χ4v) is 6.51. The Morgan fingerprint density at radius 3 is 2.23 bits per heavy atom. The Kier molecular flexibility index (Phi) is 3.72. The van der Waals surface area contributed by atoms with Gasteiger partial charge in [-0.1, -0.05) is 72.0 Å². The first kappa shape index (κ1) is 17.8. The Morgan fingerprint density at radius 2 is 1.60 bits per heavy atom. The number of aromatic nitrogens is 1. The Balaban J connectivity index is 1.43. The third kappa shape index (κ3) is 2.37. The van der Waals surface area contributed by atoms with Crippen molar-refractivity contribution >= 4 is 32.6 Å². The van der Waals surface area contributed by atoms with Gasteiger partial charge in [-0.05, 0) is 54.2 Å². The zero-order valence-corrected chi connectivity index (χ0v) is 17.8. The molecule has 3 aromatic carbocycles. The quantitative estimate of drug-likeness (QED) is 0.426. The van der Waals surface area contributed by atoms with Crippen LogP contribution in [0.25, 0.3) is 10.2 Å².